The summed E-state index contributed by atoms with van der Waals surface area (Å²) in [6.45, 7) is 0.536. The van der Waals surface area contributed by atoms with Crippen LogP contribution in [0.3, 0.4) is 0 Å². The molecule has 1 fully saturated rings. The van der Waals surface area contributed by atoms with Gasteiger partial charge >= 0.3 is 0 Å². The number of nitrogens with zero attached hydrogens (tertiary/aromatic N) is 2. The number of likely N-dealkylation sites (tertiary alicyclic amines) is 1. The van der Waals surface area contributed by atoms with Crippen molar-refractivity contribution < 1.29 is 18.3 Å². The van der Waals surface area contributed by atoms with Crippen LogP contribution in [0.4, 0.5) is 4.39 Å². The predicted octanol–water partition coefficient (Wildman–Crippen LogP) is 4.80. The standard InChI is InChI=1S/C22H20ClFN2O3/c23-18-4-1-2-6-20(18)28-14-21(27)26-11-3-5-19(26)22-25-13-17(29-22)12-15-7-9-16(24)10-8-15/h1-2,4,6-10,13,19H,3,5,11-12,14H2/t19-/m0/s1. The number of ether oxygens (including phenoxy) is 1. The van der Waals surface area contributed by atoms with E-state index in [1.807, 2.05) is 0 Å². The third kappa shape index (κ3) is 4.59. The van der Waals surface area contributed by atoms with E-state index in [0.29, 0.717) is 35.4 Å². The molecule has 0 N–H and O–H groups in total. The molecule has 4 rings (SSSR count). The van der Waals surface area contributed by atoms with Crippen molar-refractivity contribution in [2.45, 2.75) is 25.3 Å². The number of aromatic nitrogens is 1. The van der Waals surface area contributed by atoms with Crippen LogP contribution in [0.25, 0.3) is 0 Å². The normalized spacial score (nSPS) is 16.2. The second-order valence-electron chi connectivity index (χ2n) is 6.93. The molecule has 1 atom stereocenters. The van der Waals surface area contributed by atoms with Crippen LogP contribution in [0.15, 0.2) is 59.1 Å². The molecule has 0 aliphatic carbocycles. The number of hydrogen-bond donors (Lipinski definition) is 0. The Hall–Kier alpha value is -2.86. The molecule has 150 valence electrons. The number of carbonyl (C=O) groups excluding carboxylic acids is 1. The average molecular weight is 415 g/mol. The van der Waals surface area contributed by atoms with Gasteiger partial charge in [0.15, 0.2) is 6.61 Å². The van der Waals surface area contributed by atoms with Gasteiger partial charge in [-0.2, -0.15) is 0 Å². The van der Waals surface area contributed by atoms with E-state index >= 15 is 0 Å². The lowest BCUT2D eigenvalue weighted by molar-refractivity contribution is -0.134. The lowest BCUT2D eigenvalue weighted by atomic mass is 10.1. The van der Waals surface area contributed by atoms with Crippen LogP contribution < -0.4 is 4.74 Å². The van der Waals surface area contributed by atoms with E-state index < -0.39 is 0 Å². The van der Waals surface area contributed by atoms with E-state index in [1.165, 1.54) is 12.1 Å². The zero-order valence-corrected chi connectivity index (χ0v) is 16.4. The summed E-state index contributed by atoms with van der Waals surface area (Å²) in [5.74, 6) is 1.27. The summed E-state index contributed by atoms with van der Waals surface area (Å²) < 4.78 is 24.5. The molecule has 1 aliphatic heterocycles. The van der Waals surface area contributed by atoms with Gasteiger partial charge in [-0.15, -0.1) is 0 Å². The van der Waals surface area contributed by atoms with E-state index in [1.54, 1.807) is 47.5 Å². The first-order valence-corrected chi connectivity index (χ1v) is 9.84. The van der Waals surface area contributed by atoms with Gasteiger partial charge in [0.2, 0.25) is 5.89 Å². The minimum Gasteiger partial charge on any atom is -0.482 e. The number of oxazole rings is 1. The molecule has 29 heavy (non-hydrogen) atoms. The van der Waals surface area contributed by atoms with Crippen molar-refractivity contribution in [2.24, 2.45) is 0 Å². The first kappa shape index (κ1) is 19.5. The summed E-state index contributed by atoms with van der Waals surface area (Å²) >= 11 is 6.07. The molecule has 7 heteroatoms. The predicted molar refractivity (Wildman–Crippen MR) is 106 cm³/mol. The second-order valence-corrected chi connectivity index (χ2v) is 7.34. The van der Waals surface area contributed by atoms with Crippen LogP contribution in [-0.4, -0.2) is 28.9 Å². The number of halogens is 2. The summed E-state index contributed by atoms with van der Waals surface area (Å²) in [7, 11) is 0. The number of amides is 1. The lowest BCUT2D eigenvalue weighted by Crippen LogP contribution is -2.34. The SMILES string of the molecule is O=C(COc1ccccc1Cl)N1CCC[C@H]1c1ncc(Cc2ccc(F)cc2)o1. The molecule has 5 nitrogen and oxygen atoms in total. The van der Waals surface area contributed by atoms with Crippen molar-refractivity contribution in [2.75, 3.05) is 13.2 Å². The van der Waals surface area contributed by atoms with Crippen molar-refractivity contribution in [1.82, 2.24) is 9.88 Å². The molecular weight excluding hydrogens is 395 g/mol. The van der Waals surface area contributed by atoms with Gasteiger partial charge in [-0.25, -0.2) is 9.37 Å². The van der Waals surface area contributed by atoms with Crippen LogP contribution >= 0.6 is 11.6 Å². The van der Waals surface area contributed by atoms with Gasteiger partial charge < -0.3 is 14.1 Å². The van der Waals surface area contributed by atoms with Crippen LogP contribution in [0.1, 0.15) is 36.1 Å². The molecule has 1 saturated heterocycles. The molecule has 2 aromatic carbocycles. The Morgan fingerprint density at radius 2 is 2.03 bits per heavy atom. The fraction of sp³-hybridized carbons (Fsp3) is 0.273. The summed E-state index contributed by atoms with van der Waals surface area (Å²) in [6.07, 6.45) is 3.84. The molecular formula is C22H20ClFN2O3. The van der Waals surface area contributed by atoms with Crippen LogP contribution in [0.5, 0.6) is 5.75 Å². The highest BCUT2D eigenvalue weighted by molar-refractivity contribution is 6.32. The first-order chi connectivity index (χ1) is 14.1. The fourth-order valence-corrected chi connectivity index (χ4v) is 3.66. The molecule has 0 saturated carbocycles. The van der Waals surface area contributed by atoms with E-state index in [9.17, 15) is 9.18 Å². The van der Waals surface area contributed by atoms with Crippen molar-refractivity contribution in [1.29, 1.82) is 0 Å². The summed E-state index contributed by atoms with van der Waals surface area (Å²) in [6, 6.07) is 13.1. The van der Waals surface area contributed by atoms with Crippen molar-refractivity contribution in [3.8, 4) is 5.75 Å². The molecule has 0 radical (unpaired) electrons. The average Bonchev–Trinajstić information content (AvgIpc) is 3.38. The van der Waals surface area contributed by atoms with Gasteiger partial charge in [-0.3, -0.25) is 4.79 Å². The molecule has 2 heterocycles. The third-order valence-corrected chi connectivity index (χ3v) is 5.22. The smallest absolute Gasteiger partial charge is 0.261 e. The molecule has 0 bridgehead atoms. The third-order valence-electron chi connectivity index (χ3n) is 4.91. The number of carbonyl (C=O) groups is 1. The van der Waals surface area contributed by atoms with Gasteiger partial charge in [0.1, 0.15) is 23.4 Å². The minimum atomic E-state index is -0.272. The van der Waals surface area contributed by atoms with Gasteiger partial charge in [0.25, 0.3) is 5.91 Å². The van der Waals surface area contributed by atoms with Crippen molar-refractivity contribution in [3.05, 3.63) is 82.8 Å². The fourth-order valence-electron chi connectivity index (χ4n) is 3.47. The number of rotatable bonds is 6. The molecule has 0 spiro atoms. The second kappa shape index (κ2) is 8.66. The van der Waals surface area contributed by atoms with Gasteiger partial charge in [-0.1, -0.05) is 35.9 Å². The van der Waals surface area contributed by atoms with E-state index in [2.05, 4.69) is 4.98 Å². The zero-order valence-electron chi connectivity index (χ0n) is 15.7. The highest BCUT2D eigenvalue weighted by Gasteiger charge is 2.33. The van der Waals surface area contributed by atoms with Crippen LogP contribution in [-0.2, 0) is 11.2 Å². The molecule has 1 aromatic heterocycles. The number of para-hydroxylation sites is 1. The van der Waals surface area contributed by atoms with Crippen LogP contribution in [0, 0.1) is 5.82 Å². The van der Waals surface area contributed by atoms with Crippen LogP contribution in [0.2, 0.25) is 5.02 Å². The highest BCUT2D eigenvalue weighted by atomic mass is 35.5. The van der Waals surface area contributed by atoms with E-state index in [0.717, 1.165) is 18.4 Å². The van der Waals surface area contributed by atoms with Crippen molar-refractivity contribution >= 4 is 17.5 Å². The van der Waals surface area contributed by atoms with E-state index in [4.69, 9.17) is 20.8 Å². The number of benzene rings is 2. The Morgan fingerprint density at radius 3 is 2.83 bits per heavy atom. The maximum Gasteiger partial charge on any atom is 0.261 e. The maximum absolute atomic E-state index is 13.1. The Kier molecular flexibility index (Phi) is 5.81. The molecule has 0 unspecified atom stereocenters. The zero-order chi connectivity index (χ0) is 20.2. The minimum absolute atomic E-state index is 0.0939. The first-order valence-electron chi connectivity index (χ1n) is 9.46. The monoisotopic (exact) mass is 414 g/mol. The molecule has 1 amide bonds. The molecule has 1 aliphatic rings. The van der Waals surface area contributed by atoms with E-state index in [-0.39, 0.29) is 24.4 Å². The Labute approximate surface area is 173 Å². The number of hydrogen-bond acceptors (Lipinski definition) is 4. The maximum atomic E-state index is 13.1. The molecule has 3 aromatic rings. The Balaban J connectivity index is 1.40. The van der Waals surface area contributed by atoms with Gasteiger partial charge in [0.05, 0.1) is 11.2 Å². The summed E-state index contributed by atoms with van der Waals surface area (Å²) in [4.78, 5) is 18.8. The Bertz CT molecular complexity index is 990. The lowest BCUT2D eigenvalue weighted by Gasteiger charge is -2.22. The topological polar surface area (TPSA) is 55.6 Å². The quantitative estimate of drug-likeness (QED) is 0.581. The largest absolute Gasteiger partial charge is 0.482 e. The van der Waals surface area contributed by atoms with Gasteiger partial charge in [0, 0.05) is 13.0 Å². The Morgan fingerprint density at radius 1 is 1.24 bits per heavy atom. The summed E-state index contributed by atoms with van der Waals surface area (Å²) in [5.41, 5.74) is 0.932. The highest BCUT2D eigenvalue weighted by Crippen LogP contribution is 2.32. The van der Waals surface area contributed by atoms with Gasteiger partial charge in [-0.05, 0) is 42.7 Å². The van der Waals surface area contributed by atoms with Crippen molar-refractivity contribution in [3.63, 3.8) is 0 Å². The summed E-state index contributed by atoms with van der Waals surface area (Å²) in [5, 5.41) is 0.469.